The molecule has 4 rings (SSSR count). The van der Waals surface area contributed by atoms with Gasteiger partial charge in [-0.1, -0.05) is 60.7 Å². The molecule has 0 aliphatic heterocycles. The summed E-state index contributed by atoms with van der Waals surface area (Å²) in [4.78, 5) is 47.1. The van der Waals surface area contributed by atoms with Crippen LogP contribution in [0.3, 0.4) is 0 Å². The molecule has 0 radical (unpaired) electrons. The van der Waals surface area contributed by atoms with Crippen LogP contribution in [0.15, 0.2) is 109 Å². The van der Waals surface area contributed by atoms with Crippen molar-refractivity contribution in [1.29, 1.82) is 0 Å². The van der Waals surface area contributed by atoms with Crippen LogP contribution < -0.4 is 0 Å². The van der Waals surface area contributed by atoms with Gasteiger partial charge in [0, 0.05) is 22.3 Å². The Hall–Kier alpha value is -4.58. The first-order valence-electron chi connectivity index (χ1n) is 10.2. The van der Waals surface area contributed by atoms with E-state index in [0.717, 1.165) is 24.3 Å². The van der Waals surface area contributed by atoms with Crippen molar-refractivity contribution in [3.63, 3.8) is 0 Å². The average molecular weight is 456 g/mol. The maximum atomic E-state index is 12.7. The van der Waals surface area contributed by atoms with Crippen LogP contribution in [0.2, 0.25) is 0 Å². The molecular formula is C28H18F2O4. The number of hydrogen-bond donors (Lipinski definition) is 0. The Morgan fingerprint density at radius 3 is 0.853 bits per heavy atom. The van der Waals surface area contributed by atoms with Gasteiger partial charge in [0.15, 0.2) is 0 Å². The van der Waals surface area contributed by atoms with E-state index in [4.69, 9.17) is 0 Å². The number of carbonyl (C=O) groups is 4. The van der Waals surface area contributed by atoms with E-state index in [1.165, 1.54) is 24.3 Å². The van der Waals surface area contributed by atoms with Gasteiger partial charge in [-0.15, -0.1) is 0 Å². The second-order valence-corrected chi connectivity index (χ2v) is 7.06. The fourth-order valence-electron chi connectivity index (χ4n) is 2.91. The molecular weight excluding hydrogens is 438 g/mol. The lowest BCUT2D eigenvalue weighted by Crippen LogP contribution is -2.14. The molecule has 6 heteroatoms. The highest BCUT2D eigenvalue weighted by molar-refractivity contribution is 6.49. The highest BCUT2D eigenvalue weighted by Gasteiger charge is 2.18. The summed E-state index contributed by atoms with van der Waals surface area (Å²) in [5, 5.41) is 0. The van der Waals surface area contributed by atoms with Crippen molar-refractivity contribution in [2.75, 3.05) is 0 Å². The fraction of sp³-hybridized carbons (Fsp3) is 0. The SMILES string of the molecule is O=C(C(=O)c1ccc(F)cc1)c1ccc(F)cc1.O=C(C(=O)c1ccccc1)c1ccccc1. The normalized spacial score (nSPS) is 9.94. The first kappa shape index (κ1) is 24.1. The van der Waals surface area contributed by atoms with E-state index >= 15 is 0 Å². The number of rotatable bonds is 6. The lowest BCUT2D eigenvalue weighted by molar-refractivity contribution is 0.0817. The van der Waals surface area contributed by atoms with Gasteiger partial charge in [-0.05, 0) is 48.5 Å². The molecule has 0 aromatic heterocycles. The fourth-order valence-corrected chi connectivity index (χ4v) is 2.91. The Morgan fingerprint density at radius 2 is 0.588 bits per heavy atom. The number of benzene rings is 4. The van der Waals surface area contributed by atoms with Gasteiger partial charge in [0.25, 0.3) is 0 Å². The van der Waals surface area contributed by atoms with E-state index in [0.29, 0.717) is 11.1 Å². The quantitative estimate of drug-likeness (QED) is 0.272. The Balaban J connectivity index is 0.000000192. The van der Waals surface area contributed by atoms with Gasteiger partial charge in [0.2, 0.25) is 23.1 Å². The smallest absolute Gasteiger partial charge is 0.233 e. The molecule has 4 nitrogen and oxygen atoms in total. The predicted molar refractivity (Wildman–Crippen MR) is 123 cm³/mol. The number of ketones is 4. The number of Topliss-reactive ketones (excluding diaryl/α,β-unsaturated/α-hetero) is 4. The van der Waals surface area contributed by atoms with Crippen LogP contribution in [0.25, 0.3) is 0 Å². The molecule has 168 valence electrons. The third kappa shape index (κ3) is 6.23. The van der Waals surface area contributed by atoms with Gasteiger partial charge in [0.1, 0.15) is 11.6 Å². The standard InChI is InChI=1S/C14H8F2O2.C14H10O2/c15-11-5-1-9(2-6-11)13(17)14(18)10-3-7-12(16)8-4-10;15-13(11-7-3-1-4-8-11)14(16)12-9-5-2-6-10-12/h1-8H;1-10H. The van der Waals surface area contributed by atoms with Gasteiger partial charge in [-0.3, -0.25) is 19.2 Å². The van der Waals surface area contributed by atoms with Crippen LogP contribution in [0.1, 0.15) is 41.4 Å². The largest absolute Gasteiger partial charge is 0.285 e. The summed E-state index contributed by atoms with van der Waals surface area (Å²) < 4.78 is 25.4. The second-order valence-electron chi connectivity index (χ2n) is 7.06. The summed E-state index contributed by atoms with van der Waals surface area (Å²) in [7, 11) is 0. The van der Waals surface area contributed by atoms with E-state index in [2.05, 4.69) is 0 Å². The van der Waals surface area contributed by atoms with Gasteiger partial charge in [-0.25, -0.2) is 8.78 Å². The number of carbonyl (C=O) groups excluding carboxylic acids is 4. The minimum absolute atomic E-state index is 0.103. The highest BCUT2D eigenvalue weighted by Crippen LogP contribution is 2.10. The monoisotopic (exact) mass is 456 g/mol. The molecule has 0 aliphatic rings. The Morgan fingerprint density at radius 1 is 0.353 bits per heavy atom. The van der Waals surface area contributed by atoms with Crippen molar-refractivity contribution in [1.82, 2.24) is 0 Å². The van der Waals surface area contributed by atoms with Crippen molar-refractivity contribution >= 4 is 23.1 Å². The zero-order valence-electron chi connectivity index (χ0n) is 17.8. The first-order valence-corrected chi connectivity index (χ1v) is 10.2. The lowest BCUT2D eigenvalue weighted by atomic mass is 10.0. The van der Waals surface area contributed by atoms with Crippen molar-refractivity contribution in [3.8, 4) is 0 Å². The topological polar surface area (TPSA) is 68.3 Å². The minimum atomic E-state index is -0.749. The van der Waals surface area contributed by atoms with Crippen molar-refractivity contribution < 1.29 is 28.0 Å². The summed E-state index contributed by atoms with van der Waals surface area (Å²) in [5.41, 5.74) is 1.06. The van der Waals surface area contributed by atoms with Crippen molar-refractivity contribution in [2.45, 2.75) is 0 Å². The molecule has 0 unspecified atom stereocenters. The van der Waals surface area contributed by atoms with E-state index in [1.807, 2.05) is 12.1 Å². The Bertz CT molecular complexity index is 1190. The van der Waals surface area contributed by atoms with E-state index in [9.17, 15) is 28.0 Å². The molecule has 0 aliphatic carbocycles. The zero-order chi connectivity index (χ0) is 24.5. The minimum Gasteiger partial charge on any atom is -0.285 e. The van der Waals surface area contributed by atoms with Crippen LogP contribution >= 0.6 is 0 Å². The van der Waals surface area contributed by atoms with Crippen LogP contribution in [0.4, 0.5) is 8.78 Å². The molecule has 0 spiro atoms. The van der Waals surface area contributed by atoms with Gasteiger partial charge >= 0.3 is 0 Å². The summed E-state index contributed by atoms with van der Waals surface area (Å²) >= 11 is 0. The molecule has 0 amide bonds. The highest BCUT2D eigenvalue weighted by atomic mass is 19.1. The zero-order valence-corrected chi connectivity index (χ0v) is 17.8. The number of hydrogen-bond acceptors (Lipinski definition) is 4. The molecule has 4 aromatic carbocycles. The van der Waals surface area contributed by atoms with E-state index < -0.39 is 34.8 Å². The maximum Gasteiger partial charge on any atom is 0.233 e. The maximum absolute atomic E-state index is 12.7. The second kappa shape index (κ2) is 11.3. The van der Waals surface area contributed by atoms with Crippen molar-refractivity contribution in [2.24, 2.45) is 0 Å². The molecule has 0 atom stereocenters. The molecule has 0 saturated heterocycles. The summed E-state index contributed by atoms with van der Waals surface area (Å²) in [6.07, 6.45) is 0. The van der Waals surface area contributed by atoms with Gasteiger partial charge in [0.05, 0.1) is 0 Å². The molecule has 0 N–H and O–H groups in total. The third-order valence-corrected chi connectivity index (χ3v) is 4.70. The van der Waals surface area contributed by atoms with Crippen LogP contribution in [0.5, 0.6) is 0 Å². The van der Waals surface area contributed by atoms with Crippen molar-refractivity contribution in [3.05, 3.63) is 143 Å². The molecule has 0 fully saturated rings. The third-order valence-electron chi connectivity index (χ3n) is 4.70. The lowest BCUT2D eigenvalue weighted by Gasteiger charge is -2.00. The summed E-state index contributed by atoms with van der Waals surface area (Å²) in [5.74, 6) is -3.40. The molecule has 4 aromatic rings. The Kier molecular flexibility index (Phi) is 8.02. The molecule has 0 bridgehead atoms. The van der Waals surface area contributed by atoms with Crippen LogP contribution in [-0.2, 0) is 0 Å². The van der Waals surface area contributed by atoms with Gasteiger partial charge in [-0.2, -0.15) is 0 Å². The van der Waals surface area contributed by atoms with E-state index in [1.54, 1.807) is 48.5 Å². The predicted octanol–water partition coefficient (Wildman–Crippen LogP) is 5.78. The molecule has 0 saturated carbocycles. The molecule has 34 heavy (non-hydrogen) atoms. The summed E-state index contributed by atoms with van der Waals surface area (Å²) in [6, 6.07) is 26.5. The van der Waals surface area contributed by atoms with E-state index in [-0.39, 0.29) is 11.1 Å². The van der Waals surface area contributed by atoms with Crippen LogP contribution in [0, 0.1) is 11.6 Å². The number of halogens is 2. The first-order chi connectivity index (χ1) is 16.4. The summed E-state index contributed by atoms with van der Waals surface area (Å²) in [6.45, 7) is 0. The average Bonchev–Trinajstić information content (AvgIpc) is 2.89. The van der Waals surface area contributed by atoms with Crippen LogP contribution in [-0.4, -0.2) is 23.1 Å². The van der Waals surface area contributed by atoms with Gasteiger partial charge < -0.3 is 0 Å². The molecule has 0 heterocycles. The Labute approximate surface area is 194 Å².